The van der Waals surface area contributed by atoms with Crippen molar-refractivity contribution in [3.8, 4) is 0 Å². The Hall–Kier alpha value is -2.81. The fourth-order valence-electron chi connectivity index (χ4n) is 2.26. The fourth-order valence-corrected chi connectivity index (χ4v) is 2.26. The Morgan fingerprint density at radius 3 is 2.04 bits per heavy atom. The zero-order chi connectivity index (χ0) is 20.8. The summed E-state index contributed by atoms with van der Waals surface area (Å²) in [6.45, 7) is 12.6. The first kappa shape index (κ1) is 23.2. The summed E-state index contributed by atoms with van der Waals surface area (Å²) in [7, 11) is 0. The Morgan fingerprint density at radius 2 is 1.32 bits per heavy atom. The van der Waals surface area contributed by atoms with E-state index in [1.54, 1.807) is 6.33 Å². The molecule has 0 saturated heterocycles. The van der Waals surface area contributed by atoms with Gasteiger partial charge in [-0.3, -0.25) is 4.98 Å². The first-order valence-electron chi connectivity index (χ1n) is 10.0. The molecule has 0 amide bonds. The van der Waals surface area contributed by atoms with Gasteiger partial charge in [-0.15, -0.1) is 0 Å². The van der Waals surface area contributed by atoms with Crippen molar-refractivity contribution in [1.29, 1.82) is 0 Å². The molecule has 0 fully saturated rings. The lowest BCUT2D eigenvalue weighted by molar-refractivity contribution is 1.09. The summed E-state index contributed by atoms with van der Waals surface area (Å²) >= 11 is 0. The molecule has 2 aromatic heterocycles. The molecule has 0 atom stereocenters. The van der Waals surface area contributed by atoms with Gasteiger partial charge in [-0.25, -0.2) is 9.97 Å². The standard InChI is InChI=1S/C10H9N.C9H8N2.2C3H8/c1-8-6-9-4-2-3-5-10(9)11-7-8;1-7-2-3-8-5-10-6-11-9(8)4-7;2*1-3-2/h2-7H,1H3;2-6H,1H3;2*3H2,1-2H3. The summed E-state index contributed by atoms with van der Waals surface area (Å²) in [6.07, 6.45) is 7.78. The van der Waals surface area contributed by atoms with E-state index >= 15 is 0 Å². The molecule has 0 N–H and O–H groups in total. The van der Waals surface area contributed by atoms with E-state index in [9.17, 15) is 0 Å². The maximum Gasteiger partial charge on any atom is 0.116 e. The maximum absolute atomic E-state index is 4.28. The van der Waals surface area contributed by atoms with Crippen LogP contribution in [0.4, 0.5) is 0 Å². The van der Waals surface area contributed by atoms with E-state index in [0.717, 1.165) is 16.4 Å². The van der Waals surface area contributed by atoms with Crippen LogP contribution in [0.1, 0.15) is 51.7 Å². The van der Waals surface area contributed by atoms with Crippen molar-refractivity contribution in [2.75, 3.05) is 0 Å². The first-order valence-corrected chi connectivity index (χ1v) is 10.0. The number of hydrogen-bond donors (Lipinski definition) is 0. The Labute approximate surface area is 169 Å². The number of aryl methyl sites for hydroxylation is 2. The zero-order valence-electron chi connectivity index (χ0n) is 18.1. The summed E-state index contributed by atoms with van der Waals surface area (Å²) < 4.78 is 0. The predicted octanol–water partition coefficient (Wildman–Crippen LogP) is 7.31. The van der Waals surface area contributed by atoms with Crippen molar-refractivity contribution in [1.82, 2.24) is 15.0 Å². The Bertz CT molecular complexity index is 869. The predicted molar refractivity (Wildman–Crippen MR) is 123 cm³/mol. The molecule has 3 nitrogen and oxygen atoms in total. The molecule has 2 aromatic carbocycles. The third-order valence-corrected chi connectivity index (χ3v) is 3.39. The summed E-state index contributed by atoms with van der Waals surface area (Å²) in [6, 6.07) is 16.4. The molecule has 0 bridgehead atoms. The molecule has 148 valence electrons. The highest BCUT2D eigenvalue weighted by Gasteiger charge is 1.92. The molecule has 0 unspecified atom stereocenters. The van der Waals surface area contributed by atoms with Gasteiger partial charge in [0.05, 0.1) is 11.0 Å². The van der Waals surface area contributed by atoms with Gasteiger partial charge < -0.3 is 0 Å². The van der Waals surface area contributed by atoms with Crippen LogP contribution >= 0.6 is 0 Å². The summed E-state index contributed by atoms with van der Waals surface area (Å²) in [5, 5.41) is 2.31. The normalized spacial score (nSPS) is 9.36. The van der Waals surface area contributed by atoms with Gasteiger partial charge in [-0.2, -0.15) is 0 Å². The van der Waals surface area contributed by atoms with Crippen LogP contribution in [0.2, 0.25) is 0 Å². The molecule has 28 heavy (non-hydrogen) atoms. The first-order chi connectivity index (χ1) is 13.5. The molecule has 0 spiro atoms. The largest absolute Gasteiger partial charge is 0.256 e. The van der Waals surface area contributed by atoms with Crippen LogP contribution in [0.5, 0.6) is 0 Å². The molecule has 0 saturated carbocycles. The second-order valence-corrected chi connectivity index (χ2v) is 6.70. The quantitative estimate of drug-likeness (QED) is 0.323. The van der Waals surface area contributed by atoms with E-state index in [-0.39, 0.29) is 0 Å². The van der Waals surface area contributed by atoms with Gasteiger partial charge in [0.15, 0.2) is 0 Å². The van der Waals surface area contributed by atoms with Gasteiger partial charge in [0.1, 0.15) is 6.33 Å². The van der Waals surface area contributed by atoms with Crippen LogP contribution < -0.4 is 0 Å². The van der Waals surface area contributed by atoms with Gasteiger partial charge >= 0.3 is 0 Å². The van der Waals surface area contributed by atoms with Crippen molar-refractivity contribution in [2.45, 2.75) is 54.4 Å². The minimum Gasteiger partial charge on any atom is -0.256 e. The smallest absolute Gasteiger partial charge is 0.116 e. The average molecular weight is 376 g/mol. The molecule has 0 aliphatic heterocycles. The number of benzene rings is 2. The van der Waals surface area contributed by atoms with Crippen LogP contribution in [-0.4, -0.2) is 15.0 Å². The van der Waals surface area contributed by atoms with Crippen molar-refractivity contribution in [3.05, 3.63) is 78.4 Å². The minimum atomic E-state index is 1.01. The van der Waals surface area contributed by atoms with E-state index in [0.29, 0.717) is 0 Å². The van der Waals surface area contributed by atoms with Crippen molar-refractivity contribution < 1.29 is 0 Å². The van der Waals surface area contributed by atoms with Crippen LogP contribution in [0.25, 0.3) is 21.8 Å². The third kappa shape index (κ3) is 8.26. The summed E-state index contributed by atoms with van der Waals surface area (Å²) in [4.78, 5) is 12.3. The monoisotopic (exact) mass is 375 g/mol. The second-order valence-electron chi connectivity index (χ2n) is 6.70. The fraction of sp³-hybridized carbons (Fsp3) is 0.320. The lowest BCUT2D eigenvalue weighted by Crippen LogP contribution is -1.80. The molecule has 0 radical (unpaired) electrons. The van der Waals surface area contributed by atoms with Crippen LogP contribution in [-0.2, 0) is 0 Å². The van der Waals surface area contributed by atoms with Gasteiger partial charge in [0.2, 0.25) is 0 Å². The lowest BCUT2D eigenvalue weighted by Gasteiger charge is -1.95. The molecule has 0 aliphatic rings. The van der Waals surface area contributed by atoms with Crippen molar-refractivity contribution in [2.24, 2.45) is 0 Å². The highest BCUT2D eigenvalue weighted by molar-refractivity contribution is 5.78. The SMILES string of the molecule is CCC.CCC.Cc1ccc2cncnc2c1.Cc1cnc2ccccc2c1. The number of fused-ring (bicyclic) bond motifs is 2. The van der Waals surface area contributed by atoms with Gasteiger partial charge in [0, 0.05) is 23.2 Å². The molecular formula is C25H33N3. The van der Waals surface area contributed by atoms with E-state index in [2.05, 4.69) is 80.8 Å². The summed E-state index contributed by atoms with van der Waals surface area (Å²) in [5.74, 6) is 0. The second kappa shape index (κ2) is 13.4. The third-order valence-electron chi connectivity index (χ3n) is 3.39. The van der Waals surface area contributed by atoms with Gasteiger partial charge in [0.25, 0.3) is 0 Å². The number of para-hydroxylation sites is 1. The number of hydrogen-bond acceptors (Lipinski definition) is 3. The highest BCUT2D eigenvalue weighted by Crippen LogP contribution is 2.11. The number of rotatable bonds is 0. The topological polar surface area (TPSA) is 38.7 Å². The van der Waals surface area contributed by atoms with Crippen LogP contribution in [0.15, 0.2) is 67.3 Å². The minimum absolute atomic E-state index is 1.01. The van der Waals surface area contributed by atoms with E-state index in [1.807, 2.05) is 36.7 Å². The molecule has 2 heterocycles. The molecule has 0 aliphatic carbocycles. The highest BCUT2D eigenvalue weighted by atomic mass is 14.8. The molecule has 3 heteroatoms. The van der Waals surface area contributed by atoms with E-state index < -0.39 is 0 Å². The number of aromatic nitrogens is 3. The Kier molecular flexibility index (Phi) is 11.1. The molecular weight excluding hydrogens is 342 g/mol. The maximum atomic E-state index is 4.28. The Morgan fingerprint density at radius 1 is 0.643 bits per heavy atom. The van der Waals surface area contributed by atoms with Crippen LogP contribution in [0, 0.1) is 13.8 Å². The number of pyridine rings is 1. The van der Waals surface area contributed by atoms with Gasteiger partial charge in [-0.05, 0) is 43.2 Å². The van der Waals surface area contributed by atoms with Crippen molar-refractivity contribution >= 4 is 21.8 Å². The lowest BCUT2D eigenvalue weighted by atomic mass is 10.2. The number of nitrogens with zero attached hydrogens (tertiary/aromatic N) is 3. The molecule has 4 rings (SSSR count). The van der Waals surface area contributed by atoms with Crippen molar-refractivity contribution in [3.63, 3.8) is 0 Å². The molecule has 4 aromatic rings. The zero-order valence-corrected chi connectivity index (χ0v) is 18.1. The summed E-state index contributed by atoms with van der Waals surface area (Å²) in [5.41, 5.74) is 4.53. The van der Waals surface area contributed by atoms with E-state index in [1.165, 1.54) is 29.4 Å². The van der Waals surface area contributed by atoms with Crippen LogP contribution in [0.3, 0.4) is 0 Å². The average Bonchev–Trinajstić information content (AvgIpc) is 2.69. The van der Waals surface area contributed by atoms with Gasteiger partial charge in [-0.1, -0.05) is 70.9 Å². The van der Waals surface area contributed by atoms with E-state index in [4.69, 9.17) is 0 Å². The Balaban J connectivity index is 0.000000220.